The Morgan fingerprint density at radius 1 is 1.18 bits per heavy atom. The molecule has 0 radical (unpaired) electrons. The summed E-state index contributed by atoms with van der Waals surface area (Å²) in [4.78, 5) is 18.6. The second-order valence-electron chi connectivity index (χ2n) is 8.40. The van der Waals surface area contributed by atoms with E-state index in [1.165, 1.54) is 26.8 Å². The molecular weight excluding hydrogens is 458 g/mol. The molecule has 1 aliphatic heterocycles. The number of piperidine rings is 1. The normalized spacial score (nSPS) is 18.2. The largest absolute Gasteiger partial charge is 0.383 e. The number of aryl methyl sites for hydroxylation is 2. The molecular formula is C24H29N3O4S2. The number of rotatable bonds is 6. The Labute approximate surface area is 198 Å². The van der Waals surface area contributed by atoms with Crippen LogP contribution in [-0.4, -0.2) is 50.0 Å². The van der Waals surface area contributed by atoms with Crippen molar-refractivity contribution < 1.29 is 17.9 Å². The first-order valence-electron chi connectivity index (χ1n) is 11.0. The van der Waals surface area contributed by atoms with Gasteiger partial charge in [0, 0.05) is 26.7 Å². The smallest absolute Gasteiger partial charge is 0.252 e. The maximum Gasteiger partial charge on any atom is 0.252 e. The topological polar surface area (TPSA) is 81.0 Å². The minimum absolute atomic E-state index is 0.154. The van der Waals surface area contributed by atoms with E-state index in [2.05, 4.69) is 31.0 Å². The number of nitrogens with zero attached hydrogens (tertiary/aromatic N) is 3. The van der Waals surface area contributed by atoms with Crippen molar-refractivity contribution in [3.05, 3.63) is 58.4 Å². The van der Waals surface area contributed by atoms with Crippen LogP contribution in [0.15, 0.2) is 52.4 Å². The van der Waals surface area contributed by atoms with E-state index >= 15 is 0 Å². The predicted octanol–water partition coefficient (Wildman–Crippen LogP) is 3.49. The molecule has 1 saturated heterocycles. The molecule has 0 N–H and O–H groups in total. The minimum atomic E-state index is -3.63. The number of sulfonamides is 1. The van der Waals surface area contributed by atoms with Gasteiger partial charge in [0.25, 0.3) is 5.91 Å². The van der Waals surface area contributed by atoms with Gasteiger partial charge in [0.15, 0.2) is 4.80 Å². The van der Waals surface area contributed by atoms with Gasteiger partial charge in [-0.2, -0.15) is 9.30 Å². The average Bonchev–Trinajstić information content (AvgIpc) is 3.14. The number of fused-ring (bicyclic) bond motifs is 1. The number of ether oxygens (including phenoxy) is 1. The van der Waals surface area contributed by atoms with Crippen LogP contribution in [0.4, 0.5) is 0 Å². The number of carbonyl (C=O) groups excluding carboxylic acids is 1. The van der Waals surface area contributed by atoms with Gasteiger partial charge in [-0.3, -0.25) is 4.79 Å². The van der Waals surface area contributed by atoms with Crippen molar-refractivity contribution in [2.45, 2.75) is 38.1 Å². The first kappa shape index (κ1) is 23.8. The van der Waals surface area contributed by atoms with Gasteiger partial charge in [0.2, 0.25) is 10.0 Å². The Bertz CT molecular complexity index is 1330. The van der Waals surface area contributed by atoms with Crippen LogP contribution in [0.3, 0.4) is 0 Å². The van der Waals surface area contributed by atoms with Crippen molar-refractivity contribution in [1.29, 1.82) is 0 Å². The van der Waals surface area contributed by atoms with Gasteiger partial charge in [-0.25, -0.2) is 8.42 Å². The Morgan fingerprint density at radius 3 is 2.64 bits per heavy atom. The number of methoxy groups -OCH3 is 1. The minimum Gasteiger partial charge on any atom is -0.383 e. The zero-order valence-electron chi connectivity index (χ0n) is 19.2. The van der Waals surface area contributed by atoms with Gasteiger partial charge in [-0.1, -0.05) is 29.5 Å². The van der Waals surface area contributed by atoms with Crippen LogP contribution in [0.2, 0.25) is 0 Å². The summed E-state index contributed by atoms with van der Waals surface area (Å²) in [6.45, 7) is 5.80. The summed E-state index contributed by atoms with van der Waals surface area (Å²) >= 11 is 1.48. The fourth-order valence-electron chi connectivity index (χ4n) is 4.09. The number of benzene rings is 2. The van der Waals surface area contributed by atoms with Gasteiger partial charge < -0.3 is 9.30 Å². The number of hydrogen-bond donors (Lipinski definition) is 0. The molecule has 1 aromatic heterocycles. The summed E-state index contributed by atoms with van der Waals surface area (Å²) in [6, 6.07) is 12.6. The van der Waals surface area contributed by atoms with Gasteiger partial charge in [-0.15, -0.1) is 0 Å². The van der Waals surface area contributed by atoms with Crippen LogP contribution < -0.4 is 4.80 Å². The summed E-state index contributed by atoms with van der Waals surface area (Å²) in [7, 11) is -1.98. The highest BCUT2D eigenvalue weighted by atomic mass is 32.2. The Kier molecular flexibility index (Phi) is 7.13. The van der Waals surface area contributed by atoms with Crippen molar-refractivity contribution in [3.63, 3.8) is 0 Å². The Balaban J connectivity index is 1.65. The van der Waals surface area contributed by atoms with E-state index in [1.54, 1.807) is 37.4 Å². The molecule has 1 unspecified atom stereocenters. The summed E-state index contributed by atoms with van der Waals surface area (Å²) in [5.74, 6) is -0.726. The molecule has 1 fully saturated rings. The first-order chi connectivity index (χ1) is 15.8. The summed E-state index contributed by atoms with van der Waals surface area (Å²) < 4.78 is 35.8. The zero-order chi connectivity index (χ0) is 23.6. The van der Waals surface area contributed by atoms with E-state index in [-0.39, 0.29) is 17.3 Å². The van der Waals surface area contributed by atoms with Crippen LogP contribution in [-0.2, 0) is 26.1 Å². The van der Waals surface area contributed by atoms with Crippen LogP contribution in [0, 0.1) is 19.8 Å². The van der Waals surface area contributed by atoms with Crippen molar-refractivity contribution in [1.82, 2.24) is 8.87 Å². The van der Waals surface area contributed by atoms with E-state index in [0.717, 1.165) is 10.2 Å². The molecule has 0 saturated carbocycles. The number of thiazole rings is 1. The molecule has 176 valence electrons. The molecule has 2 heterocycles. The van der Waals surface area contributed by atoms with Gasteiger partial charge >= 0.3 is 0 Å². The highest BCUT2D eigenvalue weighted by molar-refractivity contribution is 7.89. The molecule has 0 spiro atoms. The fourth-order valence-corrected chi connectivity index (χ4v) is 6.78. The Hall–Kier alpha value is -2.33. The summed E-state index contributed by atoms with van der Waals surface area (Å²) in [5.41, 5.74) is 3.40. The third-order valence-corrected chi connectivity index (χ3v) is 9.06. The lowest BCUT2D eigenvalue weighted by molar-refractivity contribution is -0.122. The first-order valence-corrected chi connectivity index (χ1v) is 13.3. The van der Waals surface area contributed by atoms with Crippen LogP contribution in [0.1, 0.15) is 24.0 Å². The Morgan fingerprint density at radius 2 is 1.91 bits per heavy atom. The molecule has 3 aromatic rings. The number of aromatic nitrogens is 1. The quantitative estimate of drug-likeness (QED) is 0.533. The summed E-state index contributed by atoms with van der Waals surface area (Å²) in [5, 5.41) is 0. The van der Waals surface area contributed by atoms with Crippen LogP contribution in [0.5, 0.6) is 0 Å². The molecule has 7 nitrogen and oxygen atoms in total. The molecule has 1 amide bonds. The van der Waals surface area contributed by atoms with Gasteiger partial charge in [-0.05, 0) is 62.1 Å². The molecule has 4 rings (SSSR count). The molecule has 2 aromatic carbocycles. The van der Waals surface area contributed by atoms with Crippen molar-refractivity contribution in [2.75, 3.05) is 26.8 Å². The van der Waals surface area contributed by atoms with E-state index in [0.29, 0.717) is 37.3 Å². The second kappa shape index (κ2) is 9.89. The standard InChI is InChI=1S/C24H29N3O4S2/c1-17-14-21-22(15-18(17)2)32-24(27(21)12-13-31-3)25-23(28)19-8-7-11-26(16-19)33(29,30)20-9-5-4-6-10-20/h4-6,9-10,14-15,19H,7-8,11-13,16H2,1-3H3. The number of carbonyl (C=O) groups is 1. The van der Waals surface area contributed by atoms with E-state index in [4.69, 9.17) is 4.74 Å². The van der Waals surface area contributed by atoms with Crippen LogP contribution >= 0.6 is 11.3 Å². The molecule has 9 heteroatoms. The van der Waals surface area contributed by atoms with Gasteiger partial charge in [0.05, 0.1) is 27.6 Å². The lowest BCUT2D eigenvalue weighted by atomic mass is 9.99. The highest BCUT2D eigenvalue weighted by Gasteiger charge is 2.33. The third-order valence-electron chi connectivity index (χ3n) is 6.14. The van der Waals surface area contributed by atoms with E-state index in [1.807, 2.05) is 4.57 Å². The SMILES string of the molecule is COCCn1c(=NC(=O)C2CCCN(S(=O)(=O)c3ccccc3)C2)sc2cc(C)c(C)cc21. The van der Waals surface area contributed by atoms with Crippen molar-refractivity contribution in [2.24, 2.45) is 10.9 Å². The molecule has 33 heavy (non-hydrogen) atoms. The zero-order valence-corrected chi connectivity index (χ0v) is 20.8. The second-order valence-corrected chi connectivity index (χ2v) is 11.3. The molecule has 1 aliphatic rings. The monoisotopic (exact) mass is 487 g/mol. The predicted molar refractivity (Wildman–Crippen MR) is 130 cm³/mol. The summed E-state index contributed by atoms with van der Waals surface area (Å²) in [6.07, 6.45) is 1.26. The van der Waals surface area contributed by atoms with E-state index in [9.17, 15) is 13.2 Å². The lowest BCUT2D eigenvalue weighted by Gasteiger charge is -2.30. The molecule has 0 aliphatic carbocycles. The average molecular weight is 488 g/mol. The van der Waals surface area contributed by atoms with Gasteiger partial charge in [0.1, 0.15) is 0 Å². The van der Waals surface area contributed by atoms with Crippen molar-refractivity contribution in [3.8, 4) is 0 Å². The molecule has 0 bridgehead atoms. The van der Waals surface area contributed by atoms with Crippen LogP contribution in [0.25, 0.3) is 10.2 Å². The maximum absolute atomic E-state index is 13.2. The lowest BCUT2D eigenvalue weighted by Crippen LogP contribution is -2.42. The number of amides is 1. The number of hydrogen-bond acceptors (Lipinski definition) is 5. The van der Waals surface area contributed by atoms with E-state index < -0.39 is 15.9 Å². The molecule has 1 atom stereocenters. The maximum atomic E-state index is 13.2. The third kappa shape index (κ3) is 4.96. The van der Waals surface area contributed by atoms with Crippen molar-refractivity contribution >= 4 is 37.5 Å². The fraction of sp³-hybridized carbons (Fsp3) is 0.417. The highest BCUT2D eigenvalue weighted by Crippen LogP contribution is 2.25.